The fraction of sp³-hybridized carbons (Fsp3) is 0.333. The Hall–Kier alpha value is -1.04. The number of hydrogen-bond donors (Lipinski definition) is 0. The molecular weight excluding hydrogens is 144 g/mol. The molecule has 0 unspecified atom stereocenters. The molecule has 0 heterocycles. The Morgan fingerprint density at radius 1 is 0.833 bits per heavy atom. The minimum atomic E-state index is 0.306. The van der Waals surface area contributed by atoms with E-state index in [0.29, 0.717) is 5.41 Å². The van der Waals surface area contributed by atoms with Crippen molar-refractivity contribution in [2.24, 2.45) is 5.41 Å². The molecule has 0 heteroatoms. The zero-order chi connectivity index (χ0) is 9.45. The lowest BCUT2D eigenvalue weighted by Crippen LogP contribution is -1.96. The molecule has 1 aromatic rings. The summed E-state index contributed by atoms with van der Waals surface area (Å²) in [5, 5.41) is 0. The molecule has 0 aromatic heterocycles. The van der Waals surface area contributed by atoms with Crippen LogP contribution in [0.25, 0.3) is 0 Å². The van der Waals surface area contributed by atoms with Gasteiger partial charge in [-0.05, 0) is 5.41 Å². The molecule has 0 amide bonds. The van der Waals surface area contributed by atoms with Crippen LogP contribution >= 0.6 is 0 Å². The van der Waals surface area contributed by atoms with Gasteiger partial charge < -0.3 is 0 Å². The first kappa shape index (κ1) is 11.0. The molecule has 0 bridgehead atoms. The molecule has 0 nitrogen and oxygen atoms in total. The standard InChI is InChI=1S/C6H6.C6H12/c1-2-4-6-5-3-1;1-5-6(2,3)4/h1-6H;5H,1H2,2-4H3. The van der Waals surface area contributed by atoms with Gasteiger partial charge in [0.2, 0.25) is 0 Å². The van der Waals surface area contributed by atoms with Crippen LogP contribution in [-0.4, -0.2) is 0 Å². The Morgan fingerprint density at radius 2 is 1.00 bits per heavy atom. The van der Waals surface area contributed by atoms with Gasteiger partial charge in [0.15, 0.2) is 0 Å². The van der Waals surface area contributed by atoms with Crippen molar-refractivity contribution < 1.29 is 0 Å². The molecular formula is C12H18. The van der Waals surface area contributed by atoms with Crippen LogP contribution in [0.3, 0.4) is 0 Å². The molecule has 1 aromatic carbocycles. The first-order valence-corrected chi connectivity index (χ1v) is 4.20. The van der Waals surface area contributed by atoms with Gasteiger partial charge in [-0.2, -0.15) is 0 Å². The van der Waals surface area contributed by atoms with E-state index in [-0.39, 0.29) is 0 Å². The minimum absolute atomic E-state index is 0.306. The van der Waals surface area contributed by atoms with Crippen molar-refractivity contribution in [3.8, 4) is 0 Å². The fourth-order valence-corrected chi connectivity index (χ4v) is 0.385. The van der Waals surface area contributed by atoms with E-state index in [1.54, 1.807) is 0 Å². The second-order valence-corrected chi connectivity index (χ2v) is 3.72. The fourth-order valence-electron chi connectivity index (χ4n) is 0.385. The third-order valence-corrected chi connectivity index (χ3v) is 1.28. The summed E-state index contributed by atoms with van der Waals surface area (Å²) in [6.45, 7) is 10.0. The number of benzene rings is 1. The summed E-state index contributed by atoms with van der Waals surface area (Å²) >= 11 is 0. The Labute approximate surface area is 75.9 Å². The third kappa shape index (κ3) is 8.96. The van der Waals surface area contributed by atoms with Crippen LogP contribution in [-0.2, 0) is 0 Å². The predicted molar refractivity (Wildman–Crippen MR) is 56.1 cm³/mol. The topological polar surface area (TPSA) is 0 Å². The molecule has 0 spiro atoms. The van der Waals surface area contributed by atoms with Crippen molar-refractivity contribution in [1.29, 1.82) is 0 Å². The van der Waals surface area contributed by atoms with Gasteiger partial charge in [-0.1, -0.05) is 63.2 Å². The molecule has 0 aliphatic carbocycles. The molecule has 1 rings (SSSR count). The van der Waals surface area contributed by atoms with Crippen molar-refractivity contribution >= 4 is 0 Å². The summed E-state index contributed by atoms with van der Waals surface area (Å²) in [5.74, 6) is 0. The van der Waals surface area contributed by atoms with Crippen LogP contribution in [0.4, 0.5) is 0 Å². The van der Waals surface area contributed by atoms with Crippen LogP contribution < -0.4 is 0 Å². The number of allylic oxidation sites excluding steroid dienone is 1. The van der Waals surface area contributed by atoms with E-state index in [2.05, 4.69) is 27.4 Å². The summed E-state index contributed by atoms with van der Waals surface area (Å²) in [4.78, 5) is 0. The van der Waals surface area contributed by atoms with E-state index in [4.69, 9.17) is 0 Å². The molecule has 0 saturated heterocycles. The smallest absolute Gasteiger partial charge is 0.0206 e. The highest BCUT2D eigenvalue weighted by Gasteiger charge is 1.99. The van der Waals surface area contributed by atoms with Crippen molar-refractivity contribution in [2.75, 3.05) is 0 Å². The zero-order valence-corrected chi connectivity index (χ0v) is 8.25. The highest BCUT2D eigenvalue weighted by molar-refractivity contribution is 4.99. The maximum absolute atomic E-state index is 3.63. The van der Waals surface area contributed by atoms with Gasteiger partial charge in [0.05, 0.1) is 0 Å². The molecule has 0 radical (unpaired) electrons. The van der Waals surface area contributed by atoms with E-state index < -0.39 is 0 Å². The average Bonchev–Trinajstić information content (AvgIpc) is 2.07. The monoisotopic (exact) mass is 162 g/mol. The van der Waals surface area contributed by atoms with E-state index in [1.807, 2.05) is 42.5 Å². The highest BCUT2D eigenvalue weighted by Crippen LogP contribution is 2.11. The molecule has 0 atom stereocenters. The first-order chi connectivity index (χ1) is 5.56. The summed E-state index contributed by atoms with van der Waals surface area (Å²) < 4.78 is 0. The highest BCUT2D eigenvalue weighted by atomic mass is 14.0. The molecule has 0 aliphatic rings. The molecule has 0 aliphatic heterocycles. The SMILES string of the molecule is C=CC(C)(C)C.c1ccccc1. The Balaban J connectivity index is 0.000000202. The Morgan fingerprint density at radius 3 is 1.08 bits per heavy atom. The quantitative estimate of drug-likeness (QED) is 0.507. The van der Waals surface area contributed by atoms with Gasteiger partial charge in [-0.15, -0.1) is 6.58 Å². The molecule has 12 heavy (non-hydrogen) atoms. The number of rotatable bonds is 0. The van der Waals surface area contributed by atoms with E-state index in [1.165, 1.54) is 0 Å². The van der Waals surface area contributed by atoms with Gasteiger partial charge >= 0.3 is 0 Å². The van der Waals surface area contributed by atoms with E-state index in [9.17, 15) is 0 Å². The maximum Gasteiger partial charge on any atom is -0.0206 e. The summed E-state index contributed by atoms with van der Waals surface area (Å²) in [6.07, 6.45) is 1.94. The second kappa shape index (κ2) is 5.59. The summed E-state index contributed by atoms with van der Waals surface area (Å²) in [7, 11) is 0. The van der Waals surface area contributed by atoms with Gasteiger partial charge in [0, 0.05) is 0 Å². The van der Waals surface area contributed by atoms with E-state index in [0.717, 1.165) is 0 Å². The summed E-state index contributed by atoms with van der Waals surface area (Å²) in [6, 6.07) is 12.0. The normalized spacial score (nSPS) is 9.58. The van der Waals surface area contributed by atoms with Crippen LogP contribution in [0.2, 0.25) is 0 Å². The molecule has 0 fully saturated rings. The average molecular weight is 162 g/mol. The lowest BCUT2D eigenvalue weighted by molar-refractivity contribution is 0.546. The second-order valence-electron chi connectivity index (χ2n) is 3.72. The lowest BCUT2D eigenvalue weighted by atomic mass is 9.98. The van der Waals surface area contributed by atoms with Crippen LogP contribution in [0.15, 0.2) is 49.1 Å². The Bertz CT molecular complexity index is 164. The van der Waals surface area contributed by atoms with Crippen LogP contribution in [0.1, 0.15) is 20.8 Å². The van der Waals surface area contributed by atoms with Gasteiger partial charge in [-0.25, -0.2) is 0 Å². The largest absolute Gasteiger partial charge is 0.103 e. The van der Waals surface area contributed by atoms with Crippen molar-refractivity contribution in [3.63, 3.8) is 0 Å². The predicted octanol–water partition coefficient (Wildman–Crippen LogP) is 3.91. The van der Waals surface area contributed by atoms with Crippen LogP contribution in [0, 0.1) is 5.41 Å². The lowest BCUT2D eigenvalue weighted by Gasteiger charge is -2.08. The zero-order valence-electron chi connectivity index (χ0n) is 8.25. The van der Waals surface area contributed by atoms with Crippen molar-refractivity contribution in [2.45, 2.75) is 20.8 Å². The minimum Gasteiger partial charge on any atom is -0.103 e. The third-order valence-electron chi connectivity index (χ3n) is 1.28. The van der Waals surface area contributed by atoms with E-state index >= 15 is 0 Å². The first-order valence-electron chi connectivity index (χ1n) is 4.20. The molecule has 0 N–H and O–H groups in total. The summed E-state index contributed by atoms with van der Waals surface area (Å²) in [5.41, 5.74) is 0.306. The Kier molecular flexibility index (Phi) is 5.11. The maximum atomic E-state index is 3.63. The van der Waals surface area contributed by atoms with Crippen molar-refractivity contribution in [3.05, 3.63) is 49.1 Å². The van der Waals surface area contributed by atoms with Gasteiger partial charge in [0.1, 0.15) is 0 Å². The van der Waals surface area contributed by atoms with Crippen molar-refractivity contribution in [1.82, 2.24) is 0 Å². The number of hydrogen-bond acceptors (Lipinski definition) is 0. The molecule has 66 valence electrons. The van der Waals surface area contributed by atoms with Gasteiger partial charge in [-0.3, -0.25) is 0 Å². The van der Waals surface area contributed by atoms with Gasteiger partial charge in [0.25, 0.3) is 0 Å². The van der Waals surface area contributed by atoms with Crippen LogP contribution in [0.5, 0.6) is 0 Å². The molecule has 0 saturated carbocycles.